The molecule has 1 aliphatic heterocycles. The van der Waals surface area contributed by atoms with Gasteiger partial charge in [0, 0.05) is 48.5 Å². The summed E-state index contributed by atoms with van der Waals surface area (Å²) in [6.07, 6.45) is 85.7. The van der Waals surface area contributed by atoms with Crippen molar-refractivity contribution in [1.82, 2.24) is 0 Å². The molecular weight excluding hydrogens is 1160 g/mol. The fourth-order valence-corrected chi connectivity index (χ4v) is 14.2. The van der Waals surface area contributed by atoms with Gasteiger partial charge in [-0.3, -0.25) is 0 Å². The quantitative estimate of drug-likeness (QED) is 0.0273. The van der Waals surface area contributed by atoms with E-state index in [9.17, 15) is 5.53 Å². The number of hydrogen-bond donors (Lipinski definition) is 0. The molecule has 0 saturated carbocycles. The Kier molecular flexibility index (Phi) is 63.1. The van der Waals surface area contributed by atoms with E-state index in [1.54, 1.807) is 4.70 Å². The number of allylic oxidation sites excluding steroid dienone is 2. The number of aryl methyl sites for hydroxylation is 2. The maximum absolute atomic E-state index is 12.4. The van der Waals surface area contributed by atoms with Crippen LogP contribution in [0.2, 0.25) is 10.8 Å². The molecule has 1 heterocycles. The molecule has 2 nitrogen and oxygen atoms in total. The summed E-state index contributed by atoms with van der Waals surface area (Å²) in [7, 11) is 0. The van der Waals surface area contributed by atoms with Crippen LogP contribution in [0.4, 0.5) is 0 Å². The van der Waals surface area contributed by atoms with E-state index in [-0.39, 0.29) is 0 Å². The van der Waals surface area contributed by atoms with Crippen molar-refractivity contribution in [1.29, 1.82) is 0 Å². The summed E-state index contributed by atoms with van der Waals surface area (Å²) in [5.74, 6) is 14.1. The van der Waals surface area contributed by atoms with Gasteiger partial charge in [0.1, 0.15) is 0 Å². The summed E-state index contributed by atoms with van der Waals surface area (Å²) < 4.78 is 1.57. The van der Waals surface area contributed by atoms with Crippen molar-refractivity contribution >= 4 is 11.4 Å². The van der Waals surface area contributed by atoms with Crippen molar-refractivity contribution in [2.45, 2.75) is 443 Å². The second kappa shape index (κ2) is 68.1. The Morgan fingerprint density at radius 2 is 0.533 bits per heavy atom. The molecule has 1 aliphatic rings. The second-order valence-corrected chi connectivity index (χ2v) is 29.9. The van der Waals surface area contributed by atoms with E-state index in [2.05, 4.69) is 113 Å². The zero-order valence-corrected chi connectivity index (χ0v) is 63.1. The molecule has 0 aromatic heterocycles. The standard InChI is InChI=1S/C85H142N2.2C2H5.Ni/c1-4-7-10-13-16-19-22-25-28-31-34-36-38-41-43-46-49-52-55-58-61-64-71-79-73-67-69-76-82(79)84-78-81(75-66-63-60-57-54-51-48-45-40-33-30-27-24-21-18-15-12-9-6-3)85(87(84)86)83-77-70-68-74-80(83)72-65-62-59-56-53-50-47-44-42-39-37-35-32-29-26-23-20-17-14-11-8-5-2;2*1-2;/h67-70,73-74,76-78H,4-54,57,60-66,71-72,75H2,1-3H3;2*1H2,2H3;. The first kappa shape index (κ1) is 85.2. The molecule has 3 heteroatoms. The first-order chi connectivity index (χ1) is 45.6. The van der Waals surface area contributed by atoms with Crippen LogP contribution >= 0.6 is 0 Å². The molecule has 0 saturated heterocycles. The van der Waals surface area contributed by atoms with Gasteiger partial charge < -0.3 is 5.53 Å². The fraction of sp³-hybridized carbons (Fsp3) is 0.775. The summed E-state index contributed by atoms with van der Waals surface area (Å²) in [4.78, 5) is 0. The van der Waals surface area contributed by atoms with Crippen molar-refractivity contribution in [2.24, 2.45) is 0 Å². The molecular formula is C89H152N2Ni. The third-order valence-corrected chi connectivity index (χ3v) is 20.5. The van der Waals surface area contributed by atoms with Gasteiger partial charge in [0.25, 0.3) is 0 Å². The van der Waals surface area contributed by atoms with Crippen LogP contribution in [0.1, 0.15) is 442 Å². The Morgan fingerprint density at radius 3 is 0.826 bits per heavy atom. The summed E-state index contributed by atoms with van der Waals surface area (Å²) >= 11 is 1.82. The number of benzene rings is 2. The predicted octanol–water partition coefficient (Wildman–Crippen LogP) is 31.0. The van der Waals surface area contributed by atoms with Crippen molar-refractivity contribution in [3.63, 3.8) is 0 Å². The maximum atomic E-state index is 12.4. The Balaban J connectivity index is 0.00000553. The number of hydrogen-bond acceptors (Lipinski definition) is 0. The molecule has 0 atom stereocenters. The third kappa shape index (κ3) is 49.6. The molecule has 3 rings (SSSR count). The van der Waals surface area contributed by atoms with Crippen LogP contribution in [0.5, 0.6) is 0 Å². The third-order valence-electron chi connectivity index (χ3n) is 19.5. The van der Waals surface area contributed by atoms with Crippen molar-refractivity contribution < 1.29 is 19.1 Å². The average molecular weight is 1310 g/mol. The summed E-state index contributed by atoms with van der Waals surface area (Å²) in [6.45, 7) is 11.3. The zero-order chi connectivity index (χ0) is 65.8. The van der Waals surface area contributed by atoms with Crippen molar-refractivity contribution in [3.05, 3.63) is 88.0 Å². The number of rotatable bonds is 64. The van der Waals surface area contributed by atoms with Crippen LogP contribution in [0.3, 0.4) is 0 Å². The second-order valence-electron chi connectivity index (χ2n) is 28.0. The molecule has 0 radical (unpaired) electrons. The monoisotopic (exact) mass is 1310 g/mol. The van der Waals surface area contributed by atoms with E-state index >= 15 is 0 Å². The van der Waals surface area contributed by atoms with Crippen LogP contribution in [0, 0.1) is 23.7 Å². The van der Waals surface area contributed by atoms with Gasteiger partial charge in [-0.25, -0.2) is 4.70 Å². The molecule has 0 spiro atoms. The molecule has 528 valence electrons. The van der Waals surface area contributed by atoms with Gasteiger partial charge in [-0.2, -0.15) is 0 Å². The van der Waals surface area contributed by atoms with Gasteiger partial charge in [0.05, 0.1) is 0 Å². The average Bonchev–Trinajstić information content (AvgIpc) is 1.67. The normalized spacial score (nSPS) is 12.1. The van der Waals surface area contributed by atoms with Crippen LogP contribution in [-0.2, 0) is 27.3 Å². The topological polar surface area (TPSA) is 25.3 Å². The zero-order valence-electron chi connectivity index (χ0n) is 62.2. The van der Waals surface area contributed by atoms with Gasteiger partial charge in [-0.05, 0) is 74.6 Å². The Bertz CT molecular complexity index is 2140. The van der Waals surface area contributed by atoms with Gasteiger partial charge in [-0.15, -0.1) is 23.7 Å². The van der Waals surface area contributed by atoms with Gasteiger partial charge in [-0.1, -0.05) is 378 Å². The molecule has 2 aromatic carbocycles. The minimum absolute atomic E-state index is 0.931. The van der Waals surface area contributed by atoms with E-state index in [1.165, 1.54) is 367 Å². The van der Waals surface area contributed by atoms with E-state index in [0.29, 0.717) is 0 Å². The summed E-state index contributed by atoms with van der Waals surface area (Å²) in [5, 5.41) is 2.56. The Labute approximate surface area is 582 Å². The van der Waals surface area contributed by atoms with Gasteiger partial charge in [0.15, 0.2) is 0 Å². The van der Waals surface area contributed by atoms with Crippen molar-refractivity contribution in [2.75, 3.05) is 0 Å². The first-order valence-corrected chi connectivity index (χ1v) is 42.5. The fourth-order valence-electron chi connectivity index (χ4n) is 13.7. The van der Waals surface area contributed by atoms with Crippen LogP contribution < -0.4 is 0 Å². The Morgan fingerprint density at radius 1 is 0.283 bits per heavy atom. The van der Waals surface area contributed by atoms with Gasteiger partial charge >= 0.3 is 39.1 Å². The molecule has 0 unspecified atom stereocenters. The Hall–Kier alpha value is -2.87. The van der Waals surface area contributed by atoms with Crippen LogP contribution in [0.15, 0.2) is 60.2 Å². The number of unbranched alkanes of at least 4 members (excludes halogenated alkanes) is 54. The molecule has 92 heavy (non-hydrogen) atoms. The predicted molar refractivity (Wildman–Crippen MR) is 409 cm³/mol. The summed E-state index contributed by atoms with van der Waals surface area (Å²) in [5.41, 5.74) is 20.6. The van der Waals surface area contributed by atoms with E-state index in [0.717, 1.165) is 81.2 Å². The van der Waals surface area contributed by atoms with Crippen LogP contribution in [0.25, 0.3) is 16.9 Å². The minimum atomic E-state index is 0.931. The number of nitrogens with zero attached hydrogens (tertiary/aromatic N) is 2. The van der Waals surface area contributed by atoms with Gasteiger partial charge in [0.2, 0.25) is 11.4 Å². The van der Waals surface area contributed by atoms with E-state index in [1.807, 2.05) is 14.4 Å². The SMILES string of the molecule is CCCCCCCCCCCCCCCCCCCC#CCCCc1ccccc1C1=CC(CCCCCCCCCCCCCCCCCCCCC)=C(c2ccccc2CCCC#CCCCCCCCCCCCCCCCCCCC)[N+]1=[N-].C[CH2][Ni][CH2]C. The molecule has 0 N–H and O–H groups in total. The summed E-state index contributed by atoms with van der Waals surface area (Å²) in [6, 6.07) is 17.7. The van der Waals surface area contributed by atoms with E-state index < -0.39 is 0 Å². The molecule has 0 amide bonds. The molecule has 0 bridgehead atoms. The van der Waals surface area contributed by atoms with E-state index in [4.69, 9.17) is 0 Å². The molecule has 0 aliphatic carbocycles. The van der Waals surface area contributed by atoms with Crippen LogP contribution in [-0.4, -0.2) is 4.70 Å². The van der Waals surface area contributed by atoms with Crippen molar-refractivity contribution in [3.8, 4) is 23.7 Å². The first-order valence-electron chi connectivity index (χ1n) is 41.1. The molecule has 2 aromatic rings. The molecule has 0 fully saturated rings.